The third-order valence-corrected chi connectivity index (χ3v) is 14.7. The molecule has 1 fully saturated rings. The predicted octanol–water partition coefficient (Wildman–Crippen LogP) is 8.76. The van der Waals surface area contributed by atoms with Crippen LogP contribution in [0.25, 0.3) is 6.08 Å². The maximum absolute atomic E-state index is 14.4. The van der Waals surface area contributed by atoms with Crippen LogP contribution >= 0.6 is 7.37 Å². The van der Waals surface area contributed by atoms with E-state index < -0.39 is 53.3 Å². The third-order valence-electron chi connectivity index (χ3n) is 12.1. The second kappa shape index (κ2) is 27.9. The normalized spacial score (nSPS) is 18.3. The van der Waals surface area contributed by atoms with Gasteiger partial charge in [-0.1, -0.05) is 55.0 Å². The molecular weight excluding hydrogens is 1000 g/mol. The lowest BCUT2D eigenvalue weighted by atomic mass is 10.0. The van der Waals surface area contributed by atoms with Crippen molar-refractivity contribution >= 4 is 49.1 Å². The molecule has 0 saturated carbocycles. The number of allylic oxidation sites excluding steroid dienone is 1. The number of unbranched alkanes of at least 4 members (excludes halogenated alkanes) is 2. The molecule has 0 radical (unpaired) electrons. The Morgan fingerprint density at radius 3 is 1.43 bits per heavy atom. The minimum Gasteiger partial charge on any atom is -0.459 e. The van der Waals surface area contributed by atoms with Gasteiger partial charge in [-0.2, -0.15) is 0 Å². The van der Waals surface area contributed by atoms with E-state index in [1.165, 1.54) is 4.90 Å². The van der Waals surface area contributed by atoms with E-state index in [4.69, 9.17) is 23.5 Å². The van der Waals surface area contributed by atoms with Crippen LogP contribution in [0.4, 0.5) is 0 Å². The molecule has 1 saturated heterocycles. The SMILES string of the molecule is CC(C)(C)OC(=O)CN1CCN(CC(=O)OC(C)(C)C)CCN(CC(=O)OC(C)(C)C)[C@@H](Cc2ccc(/C=C/CP(=O)(CCCCCN3C(=O)c4ccccc4C3=O)OC(C)(C)C)cc2)CN(CC(=O)OC(C)(C)C)CC1. The number of fused-ring (bicyclic) bond motifs is 1. The first kappa shape index (κ1) is 64.8. The molecule has 430 valence electrons. The Bertz CT molecular complexity index is 2350. The van der Waals surface area contributed by atoms with Crippen molar-refractivity contribution < 1.29 is 56.8 Å². The molecule has 77 heavy (non-hydrogen) atoms. The van der Waals surface area contributed by atoms with Gasteiger partial charge in [0.2, 0.25) is 7.37 Å². The quantitative estimate of drug-likeness (QED) is 0.0403. The smallest absolute Gasteiger partial charge is 0.320 e. The average Bonchev–Trinajstić information content (AvgIpc) is 3.49. The number of nitrogens with zero attached hydrogens (tertiary/aromatic N) is 5. The largest absolute Gasteiger partial charge is 0.459 e. The Balaban J connectivity index is 1.60. The number of amides is 2. The molecule has 4 rings (SSSR count). The number of benzene rings is 2. The molecule has 2 aliphatic heterocycles. The highest BCUT2D eigenvalue weighted by atomic mass is 31.2. The number of imide groups is 1. The first-order chi connectivity index (χ1) is 35.5. The predicted molar refractivity (Wildman–Crippen MR) is 301 cm³/mol. The van der Waals surface area contributed by atoms with E-state index in [9.17, 15) is 33.3 Å². The number of ether oxygens (including phenoxy) is 4. The molecule has 18 heteroatoms. The Labute approximate surface area is 460 Å². The van der Waals surface area contributed by atoms with Gasteiger partial charge >= 0.3 is 23.9 Å². The van der Waals surface area contributed by atoms with Crippen molar-refractivity contribution in [1.82, 2.24) is 24.5 Å². The molecule has 0 aliphatic carbocycles. The van der Waals surface area contributed by atoms with Gasteiger partial charge in [0.1, 0.15) is 22.4 Å². The van der Waals surface area contributed by atoms with E-state index in [-0.39, 0.29) is 56.2 Å². The Morgan fingerprint density at radius 2 is 0.974 bits per heavy atom. The van der Waals surface area contributed by atoms with Crippen LogP contribution in [0, 0.1) is 0 Å². The molecule has 2 atom stereocenters. The zero-order valence-corrected chi connectivity index (χ0v) is 50.1. The van der Waals surface area contributed by atoms with E-state index in [0.29, 0.717) is 95.3 Å². The fourth-order valence-corrected chi connectivity index (χ4v) is 11.6. The molecule has 2 aromatic rings. The average molecular weight is 1090 g/mol. The number of hydrogen-bond acceptors (Lipinski definition) is 16. The van der Waals surface area contributed by atoms with Crippen molar-refractivity contribution in [1.29, 1.82) is 0 Å². The Kier molecular flexibility index (Phi) is 23.5. The van der Waals surface area contributed by atoms with Crippen LogP contribution in [0.5, 0.6) is 0 Å². The van der Waals surface area contributed by atoms with Crippen LogP contribution in [0.3, 0.4) is 0 Å². The van der Waals surface area contributed by atoms with Crippen LogP contribution in [-0.4, -0.2) is 185 Å². The highest BCUT2D eigenvalue weighted by molar-refractivity contribution is 7.59. The second-order valence-corrected chi connectivity index (χ2v) is 28.0. The summed E-state index contributed by atoms with van der Waals surface area (Å²) in [5.41, 5.74) is -0.814. The summed E-state index contributed by atoms with van der Waals surface area (Å²) in [7, 11) is -3.14. The van der Waals surface area contributed by atoms with Crippen molar-refractivity contribution in [3.05, 3.63) is 76.9 Å². The standard InChI is InChI=1S/C59H92N5O12P/c1-55(2,3)72-49(65)40-60-30-31-61(41-50(66)73-56(4,5)6)34-35-63(43-52(68)75-58(10,11)12)46(39-62(33-32-60)42-51(67)74-57(7,8)9)38-45-27-25-44(26-28-45)22-21-37-77(71,76-59(13,14)15)36-20-16-19-29-64-53(69)47-23-17-18-24-48(47)54(64)70/h17-18,21-28,46H,16,19-20,29-43H2,1-15H3/b22-21+/t46-,77?/m0/s1. The highest BCUT2D eigenvalue weighted by Crippen LogP contribution is 2.51. The van der Waals surface area contributed by atoms with Gasteiger partial charge in [0, 0.05) is 70.7 Å². The van der Waals surface area contributed by atoms with Crippen LogP contribution in [0.1, 0.15) is 155 Å². The van der Waals surface area contributed by atoms with Gasteiger partial charge in [0.05, 0.1) is 42.9 Å². The molecule has 0 aromatic heterocycles. The molecule has 2 amide bonds. The monoisotopic (exact) mass is 1090 g/mol. The number of carbonyl (C=O) groups is 6. The summed E-state index contributed by atoms with van der Waals surface area (Å²) in [4.78, 5) is 89.2. The van der Waals surface area contributed by atoms with E-state index in [1.54, 1.807) is 24.3 Å². The van der Waals surface area contributed by atoms with Gasteiger partial charge in [-0.3, -0.25) is 57.8 Å². The first-order valence-electron chi connectivity index (χ1n) is 27.3. The van der Waals surface area contributed by atoms with E-state index in [2.05, 4.69) is 4.90 Å². The fourth-order valence-electron chi connectivity index (χ4n) is 9.12. The molecule has 0 N–H and O–H groups in total. The van der Waals surface area contributed by atoms with Gasteiger partial charge in [0.15, 0.2) is 0 Å². The lowest BCUT2D eigenvalue weighted by Gasteiger charge is -2.39. The number of carbonyl (C=O) groups excluding carboxylic acids is 6. The van der Waals surface area contributed by atoms with Crippen molar-refractivity contribution in [3.63, 3.8) is 0 Å². The van der Waals surface area contributed by atoms with Gasteiger partial charge in [-0.25, -0.2) is 0 Å². The molecule has 1 unspecified atom stereocenters. The third kappa shape index (κ3) is 24.8. The fraction of sp³-hybridized carbons (Fsp3) is 0.661. The molecule has 2 aromatic carbocycles. The van der Waals surface area contributed by atoms with Gasteiger partial charge in [-0.05, 0) is 146 Å². The Morgan fingerprint density at radius 1 is 0.545 bits per heavy atom. The summed E-state index contributed by atoms with van der Waals surface area (Å²) >= 11 is 0. The van der Waals surface area contributed by atoms with E-state index in [1.807, 2.05) is 155 Å². The molecule has 0 spiro atoms. The summed E-state index contributed by atoms with van der Waals surface area (Å²) in [6, 6.07) is 14.5. The van der Waals surface area contributed by atoms with Crippen molar-refractivity contribution in [2.45, 2.75) is 164 Å². The zero-order chi connectivity index (χ0) is 57.6. The molecule has 2 aliphatic rings. The van der Waals surface area contributed by atoms with Crippen molar-refractivity contribution in [3.8, 4) is 0 Å². The summed E-state index contributed by atoms with van der Waals surface area (Å²) in [6.07, 6.45) is 6.72. The maximum atomic E-state index is 14.4. The topological polar surface area (TPSA) is 182 Å². The summed E-state index contributed by atoms with van der Waals surface area (Å²) in [6.45, 7) is 30.3. The van der Waals surface area contributed by atoms with Crippen LogP contribution < -0.4 is 0 Å². The minimum absolute atomic E-state index is 0.00261. The first-order valence-corrected chi connectivity index (χ1v) is 29.3. The van der Waals surface area contributed by atoms with Crippen molar-refractivity contribution in [2.75, 3.05) is 90.9 Å². The van der Waals surface area contributed by atoms with E-state index in [0.717, 1.165) is 11.1 Å². The molecule has 0 bridgehead atoms. The maximum Gasteiger partial charge on any atom is 0.320 e. The highest BCUT2D eigenvalue weighted by Gasteiger charge is 2.36. The number of rotatable bonds is 20. The zero-order valence-electron chi connectivity index (χ0n) is 49.2. The number of hydrogen-bond donors (Lipinski definition) is 0. The molecule has 2 heterocycles. The van der Waals surface area contributed by atoms with Crippen LogP contribution in [0.2, 0.25) is 0 Å². The van der Waals surface area contributed by atoms with Gasteiger partial charge in [0.25, 0.3) is 11.8 Å². The summed E-state index contributed by atoms with van der Waals surface area (Å²) in [5, 5.41) is 0. The number of esters is 4. The summed E-state index contributed by atoms with van der Waals surface area (Å²) < 4.78 is 43.9. The lowest BCUT2D eigenvalue weighted by molar-refractivity contribution is -0.160. The minimum atomic E-state index is -3.14. The van der Waals surface area contributed by atoms with Crippen molar-refractivity contribution in [2.24, 2.45) is 0 Å². The lowest BCUT2D eigenvalue weighted by Crippen LogP contribution is -2.54. The Hall–Kier alpha value is -4.77. The second-order valence-electron chi connectivity index (χ2n) is 25.4. The van der Waals surface area contributed by atoms with Gasteiger partial charge in [-0.15, -0.1) is 0 Å². The van der Waals surface area contributed by atoms with Crippen LogP contribution in [-0.2, 0) is 53.6 Å². The van der Waals surface area contributed by atoms with Crippen LogP contribution in [0.15, 0.2) is 54.6 Å². The molecular formula is C59H92N5O12P. The summed E-state index contributed by atoms with van der Waals surface area (Å²) in [5.74, 6) is -2.15. The molecule has 17 nitrogen and oxygen atoms in total. The van der Waals surface area contributed by atoms with Gasteiger partial charge < -0.3 is 23.5 Å². The van der Waals surface area contributed by atoms with E-state index >= 15 is 0 Å².